The smallest absolute Gasteiger partial charge is 0.245 e. The molecule has 0 bridgehead atoms. The van der Waals surface area contributed by atoms with Crippen LogP contribution in [0.5, 0.6) is 0 Å². The van der Waals surface area contributed by atoms with Gasteiger partial charge in [0.05, 0.1) is 18.4 Å². The molecule has 4 atom stereocenters. The van der Waals surface area contributed by atoms with E-state index < -0.39 is 47.9 Å². The van der Waals surface area contributed by atoms with Gasteiger partial charge in [0.1, 0.15) is 18.1 Å². The summed E-state index contributed by atoms with van der Waals surface area (Å²) in [4.78, 5) is 66.1. The second kappa shape index (κ2) is 14.6. The van der Waals surface area contributed by atoms with Gasteiger partial charge in [-0.1, -0.05) is 44.2 Å². The van der Waals surface area contributed by atoms with Crippen molar-refractivity contribution >= 4 is 41.3 Å². The molecule has 12 heteroatoms. The quantitative estimate of drug-likeness (QED) is 0.314. The molecular formula is C25H37N5O6S. The third kappa shape index (κ3) is 9.36. The van der Waals surface area contributed by atoms with Gasteiger partial charge in [-0.05, 0) is 24.7 Å². The molecule has 37 heavy (non-hydrogen) atoms. The Morgan fingerprint density at radius 3 is 2.27 bits per heavy atom. The van der Waals surface area contributed by atoms with E-state index in [9.17, 15) is 29.1 Å². The van der Waals surface area contributed by atoms with Crippen LogP contribution in [-0.2, 0) is 30.4 Å². The van der Waals surface area contributed by atoms with Crippen molar-refractivity contribution in [2.24, 2.45) is 5.92 Å². The van der Waals surface area contributed by atoms with Crippen LogP contribution in [0.15, 0.2) is 30.3 Å². The highest BCUT2D eigenvalue weighted by Gasteiger charge is 2.33. The van der Waals surface area contributed by atoms with Gasteiger partial charge in [0.2, 0.25) is 29.5 Å². The standard InChI is InChI=1S/C25H37N5O6S/c1-15(2)21-25(36)27-18(12-17-8-6-5-7-9-17)23(34)29-22(16(3)31)24(35)26-10-11-30(13-19(32)28-21)20(33)14-37-4/h5-9,15-16,18,21-22,31H,10-14H2,1-4H3,(H,26,35)(H,27,36)(H,28,32)(H,29,34)/t16-,18+,21-,22+/m1/s1. The first-order valence-electron chi connectivity index (χ1n) is 12.2. The Bertz CT molecular complexity index is 958. The van der Waals surface area contributed by atoms with Crippen LogP contribution in [0.25, 0.3) is 0 Å². The lowest BCUT2D eigenvalue weighted by Gasteiger charge is -2.27. The third-order valence-electron chi connectivity index (χ3n) is 5.88. The summed E-state index contributed by atoms with van der Waals surface area (Å²) in [5, 5.41) is 20.8. The normalized spacial score (nSPS) is 23.2. The van der Waals surface area contributed by atoms with Gasteiger partial charge in [0.25, 0.3) is 0 Å². The minimum atomic E-state index is -1.29. The number of aliphatic hydroxyl groups is 1. The number of thioether (sulfide) groups is 1. The van der Waals surface area contributed by atoms with E-state index in [2.05, 4.69) is 21.3 Å². The lowest BCUT2D eigenvalue weighted by atomic mass is 10.0. The van der Waals surface area contributed by atoms with Crippen molar-refractivity contribution in [1.82, 2.24) is 26.2 Å². The molecule has 204 valence electrons. The van der Waals surface area contributed by atoms with Gasteiger partial charge in [-0.25, -0.2) is 0 Å². The van der Waals surface area contributed by atoms with Crippen molar-refractivity contribution in [2.75, 3.05) is 31.6 Å². The number of rotatable bonds is 6. The van der Waals surface area contributed by atoms with E-state index in [1.807, 2.05) is 6.07 Å². The maximum atomic E-state index is 13.3. The summed E-state index contributed by atoms with van der Waals surface area (Å²) >= 11 is 1.30. The number of nitrogens with zero attached hydrogens (tertiary/aromatic N) is 1. The predicted octanol–water partition coefficient (Wildman–Crippen LogP) is -0.958. The second-order valence-corrected chi connectivity index (χ2v) is 10.2. The van der Waals surface area contributed by atoms with Gasteiger partial charge in [0, 0.05) is 19.5 Å². The molecule has 1 aromatic rings. The number of aliphatic hydroxyl groups excluding tert-OH is 1. The van der Waals surface area contributed by atoms with E-state index in [0.29, 0.717) is 0 Å². The van der Waals surface area contributed by atoms with Gasteiger partial charge >= 0.3 is 0 Å². The molecule has 0 saturated carbocycles. The molecule has 0 unspecified atom stereocenters. The number of carbonyl (C=O) groups excluding carboxylic acids is 5. The van der Waals surface area contributed by atoms with Crippen molar-refractivity contribution < 1.29 is 29.1 Å². The molecule has 5 amide bonds. The van der Waals surface area contributed by atoms with E-state index >= 15 is 0 Å². The van der Waals surface area contributed by atoms with Gasteiger partial charge in [0.15, 0.2) is 0 Å². The van der Waals surface area contributed by atoms with Crippen LogP contribution in [0.2, 0.25) is 0 Å². The molecule has 0 aliphatic carbocycles. The van der Waals surface area contributed by atoms with E-state index in [0.717, 1.165) is 5.56 Å². The molecule has 1 aromatic carbocycles. The molecule has 0 radical (unpaired) electrons. The monoisotopic (exact) mass is 535 g/mol. The molecule has 1 aliphatic heterocycles. The summed E-state index contributed by atoms with van der Waals surface area (Å²) in [6, 6.07) is 5.70. The van der Waals surface area contributed by atoms with Crippen molar-refractivity contribution in [3.63, 3.8) is 0 Å². The minimum absolute atomic E-state index is 0.00353. The van der Waals surface area contributed by atoms with Gasteiger partial charge < -0.3 is 31.3 Å². The Labute approximate surface area is 221 Å². The molecule has 1 saturated heterocycles. The summed E-state index contributed by atoms with van der Waals surface area (Å²) in [7, 11) is 0. The zero-order valence-corrected chi connectivity index (χ0v) is 22.5. The maximum absolute atomic E-state index is 13.3. The van der Waals surface area contributed by atoms with Crippen LogP contribution in [-0.4, -0.2) is 95.4 Å². The third-order valence-corrected chi connectivity index (χ3v) is 6.42. The first kappa shape index (κ1) is 30.1. The Balaban J connectivity index is 2.40. The zero-order chi connectivity index (χ0) is 27.5. The van der Waals surface area contributed by atoms with Gasteiger partial charge in [-0.2, -0.15) is 11.8 Å². The first-order valence-corrected chi connectivity index (χ1v) is 13.6. The van der Waals surface area contributed by atoms with E-state index in [-0.39, 0.29) is 43.6 Å². The number of hydrogen-bond donors (Lipinski definition) is 5. The van der Waals surface area contributed by atoms with Crippen molar-refractivity contribution in [2.45, 2.75) is 51.4 Å². The Morgan fingerprint density at radius 2 is 1.68 bits per heavy atom. The zero-order valence-electron chi connectivity index (χ0n) is 21.7. The van der Waals surface area contributed by atoms with E-state index in [4.69, 9.17) is 0 Å². The largest absolute Gasteiger partial charge is 0.391 e. The van der Waals surface area contributed by atoms with Crippen molar-refractivity contribution in [3.05, 3.63) is 35.9 Å². The maximum Gasteiger partial charge on any atom is 0.245 e. The summed E-state index contributed by atoms with van der Waals surface area (Å²) in [6.45, 7) is 4.63. The molecule has 0 aromatic heterocycles. The van der Waals surface area contributed by atoms with Crippen LogP contribution in [0.1, 0.15) is 26.3 Å². The molecule has 0 spiro atoms. The molecule has 1 heterocycles. The van der Waals surface area contributed by atoms with Crippen LogP contribution in [0.3, 0.4) is 0 Å². The number of hydrogen-bond acceptors (Lipinski definition) is 7. The van der Waals surface area contributed by atoms with Crippen LogP contribution < -0.4 is 21.3 Å². The number of benzene rings is 1. The Kier molecular flexibility index (Phi) is 11.9. The Morgan fingerprint density at radius 1 is 1.00 bits per heavy atom. The average molecular weight is 536 g/mol. The molecule has 1 fully saturated rings. The molecule has 5 N–H and O–H groups in total. The fourth-order valence-electron chi connectivity index (χ4n) is 3.84. The van der Waals surface area contributed by atoms with Gasteiger partial charge in [-0.15, -0.1) is 0 Å². The highest BCUT2D eigenvalue weighted by Crippen LogP contribution is 2.09. The van der Waals surface area contributed by atoms with Crippen molar-refractivity contribution in [1.29, 1.82) is 0 Å². The lowest BCUT2D eigenvalue weighted by Crippen LogP contribution is -2.60. The minimum Gasteiger partial charge on any atom is -0.391 e. The summed E-state index contributed by atoms with van der Waals surface area (Å²) in [5.74, 6) is -2.88. The first-order chi connectivity index (χ1) is 17.5. The highest BCUT2D eigenvalue weighted by atomic mass is 32.2. The SMILES string of the molecule is CSCC(=O)N1CCNC(=O)[C@H]([C@@H](C)O)NC(=O)[C@H](Cc2ccccc2)NC(=O)[C@@H](C(C)C)NC(=O)C1. The summed E-state index contributed by atoms with van der Waals surface area (Å²) in [5.41, 5.74) is 0.770. The van der Waals surface area contributed by atoms with Crippen molar-refractivity contribution in [3.8, 4) is 0 Å². The lowest BCUT2D eigenvalue weighted by molar-refractivity contribution is -0.136. The van der Waals surface area contributed by atoms with E-state index in [1.54, 1.807) is 44.4 Å². The molecule has 11 nitrogen and oxygen atoms in total. The summed E-state index contributed by atoms with van der Waals surface area (Å²) in [6.07, 6.45) is 0.657. The predicted molar refractivity (Wildman–Crippen MR) is 140 cm³/mol. The molecule has 2 rings (SSSR count). The number of amides is 5. The molecular weight excluding hydrogens is 498 g/mol. The highest BCUT2D eigenvalue weighted by molar-refractivity contribution is 7.99. The van der Waals surface area contributed by atoms with Gasteiger partial charge in [-0.3, -0.25) is 24.0 Å². The fraction of sp³-hybridized carbons (Fsp3) is 0.560. The number of nitrogens with one attached hydrogen (secondary N) is 4. The van der Waals surface area contributed by atoms with Crippen LogP contribution >= 0.6 is 11.8 Å². The van der Waals surface area contributed by atoms with Crippen LogP contribution in [0, 0.1) is 5.92 Å². The topological polar surface area (TPSA) is 157 Å². The Hall–Kier alpha value is -3.12. The average Bonchev–Trinajstić information content (AvgIpc) is 2.84. The fourth-order valence-corrected chi connectivity index (χ4v) is 4.27. The van der Waals surface area contributed by atoms with E-state index in [1.165, 1.54) is 23.6 Å². The van der Waals surface area contributed by atoms with Crippen LogP contribution in [0.4, 0.5) is 0 Å². The molecule has 1 aliphatic rings. The summed E-state index contributed by atoms with van der Waals surface area (Å²) < 4.78 is 0. The second-order valence-electron chi connectivity index (χ2n) is 9.31. The number of carbonyl (C=O) groups is 5.